The molecule has 0 bridgehead atoms. The molecule has 0 spiro atoms. The van der Waals surface area contributed by atoms with Gasteiger partial charge in [-0.1, -0.05) is 18.0 Å². The van der Waals surface area contributed by atoms with Crippen molar-refractivity contribution < 1.29 is 18.3 Å². The number of carbonyl (C=O) groups is 1. The van der Waals surface area contributed by atoms with E-state index in [2.05, 4.69) is 20.1 Å². The van der Waals surface area contributed by atoms with Crippen LogP contribution in [0.1, 0.15) is 25.1 Å². The van der Waals surface area contributed by atoms with Crippen LogP contribution < -0.4 is 10.1 Å². The van der Waals surface area contributed by atoms with Gasteiger partial charge in [-0.3, -0.25) is 4.79 Å². The number of amides is 1. The molecular weight excluding hydrogens is 414 g/mol. The van der Waals surface area contributed by atoms with Crippen molar-refractivity contribution in [1.82, 2.24) is 14.8 Å². The van der Waals surface area contributed by atoms with Crippen molar-refractivity contribution in [2.45, 2.75) is 32.2 Å². The molecule has 1 aromatic heterocycles. The standard InChI is InChI=1S/C21H19ClF2N4O2/c22-16-7-6-14(25-20(29)12-30-18-8-5-13(23)10-17(18)24)11-15(16)21-27-26-19-4-2-1-3-9-28(19)21/h5-8,10-11H,1-4,9,12H2,(H,25,29). The van der Waals surface area contributed by atoms with E-state index in [-0.39, 0.29) is 5.75 Å². The molecule has 4 rings (SSSR count). The third-order valence-corrected chi connectivity index (χ3v) is 5.18. The van der Waals surface area contributed by atoms with Gasteiger partial charge in [-0.2, -0.15) is 0 Å². The summed E-state index contributed by atoms with van der Waals surface area (Å²) >= 11 is 6.39. The summed E-state index contributed by atoms with van der Waals surface area (Å²) in [6.45, 7) is 0.391. The van der Waals surface area contributed by atoms with Crippen molar-refractivity contribution in [3.8, 4) is 17.1 Å². The average molecular weight is 433 g/mol. The Morgan fingerprint density at radius 3 is 2.83 bits per heavy atom. The molecule has 3 aromatic rings. The Kier molecular flexibility index (Phi) is 5.94. The Balaban J connectivity index is 1.48. The zero-order valence-corrected chi connectivity index (χ0v) is 16.8. The molecule has 2 aromatic carbocycles. The van der Waals surface area contributed by atoms with Crippen molar-refractivity contribution in [2.75, 3.05) is 11.9 Å². The molecule has 0 aliphatic carbocycles. The number of ether oxygens (including phenoxy) is 1. The van der Waals surface area contributed by atoms with Gasteiger partial charge in [-0.05, 0) is 43.2 Å². The molecule has 0 fully saturated rings. The van der Waals surface area contributed by atoms with Crippen molar-refractivity contribution in [1.29, 1.82) is 0 Å². The summed E-state index contributed by atoms with van der Waals surface area (Å²) in [5, 5.41) is 11.8. The van der Waals surface area contributed by atoms with E-state index < -0.39 is 24.1 Å². The van der Waals surface area contributed by atoms with Gasteiger partial charge in [0, 0.05) is 30.3 Å². The lowest BCUT2D eigenvalue weighted by molar-refractivity contribution is -0.118. The molecule has 1 aliphatic rings. The van der Waals surface area contributed by atoms with E-state index in [4.69, 9.17) is 16.3 Å². The van der Waals surface area contributed by atoms with Crippen LogP contribution in [0.3, 0.4) is 0 Å². The van der Waals surface area contributed by atoms with Crippen LogP contribution in [0.4, 0.5) is 14.5 Å². The maximum atomic E-state index is 13.6. The van der Waals surface area contributed by atoms with Crippen LogP contribution in [-0.4, -0.2) is 27.3 Å². The summed E-state index contributed by atoms with van der Waals surface area (Å²) in [5.41, 5.74) is 1.16. The predicted octanol–water partition coefficient (Wildman–Crippen LogP) is 4.62. The van der Waals surface area contributed by atoms with Gasteiger partial charge >= 0.3 is 0 Å². The topological polar surface area (TPSA) is 69.0 Å². The number of benzene rings is 2. The predicted molar refractivity (Wildman–Crippen MR) is 109 cm³/mol. The SMILES string of the molecule is O=C(COc1ccc(F)cc1F)Nc1ccc(Cl)c(-c2nnc3n2CCCCC3)c1. The number of nitrogens with one attached hydrogen (secondary N) is 1. The number of aromatic nitrogens is 3. The maximum absolute atomic E-state index is 13.6. The highest BCUT2D eigenvalue weighted by molar-refractivity contribution is 6.33. The van der Waals surface area contributed by atoms with E-state index in [1.807, 2.05) is 0 Å². The number of aryl methyl sites for hydroxylation is 1. The van der Waals surface area contributed by atoms with Gasteiger partial charge in [0.1, 0.15) is 11.6 Å². The third-order valence-electron chi connectivity index (χ3n) is 4.85. The summed E-state index contributed by atoms with van der Waals surface area (Å²) < 4.78 is 33.8. The largest absolute Gasteiger partial charge is 0.481 e. The normalized spacial score (nSPS) is 13.4. The van der Waals surface area contributed by atoms with Crippen molar-refractivity contribution >= 4 is 23.2 Å². The second-order valence-corrected chi connectivity index (χ2v) is 7.42. The lowest BCUT2D eigenvalue weighted by Crippen LogP contribution is -2.20. The molecule has 1 N–H and O–H groups in total. The van der Waals surface area contributed by atoms with Gasteiger partial charge in [0.05, 0.1) is 5.02 Å². The Bertz CT molecular complexity index is 1090. The molecule has 9 heteroatoms. The summed E-state index contributed by atoms with van der Waals surface area (Å²) in [7, 11) is 0. The first-order valence-electron chi connectivity index (χ1n) is 9.61. The molecule has 1 aliphatic heterocycles. The number of carbonyl (C=O) groups excluding carboxylic acids is 1. The summed E-state index contributed by atoms with van der Waals surface area (Å²) in [6, 6.07) is 7.94. The maximum Gasteiger partial charge on any atom is 0.262 e. The summed E-state index contributed by atoms with van der Waals surface area (Å²) in [5.74, 6) is -0.685. The van der Waals surface area contributed by atoms with Crippen LogP contribution >= 0.6 is 11.6 Å². The number of hydrogen-bond acceptors (Lipinski definition) is 4. The van der Waals surface area contributed by atoms with Gasteiger partial charge in [-0.25, -0.2) is 8.78 Å². The van der Waals surface area contributed by atoms with Gasteiger partial charge in [0.15, 0.2) is 24.0 Å². The molecule has 156 valence electrons. The summed E-state index contributed by atoms with van der Waals surface area (Å²) in [6.07, 6.45) is 4.14. The highest BCUT2D eigenvalue weighted by Crippen LogP contribution is 2.31. The summed E-state index contributed by atoms with van der Waals surface area (Å²) in [4.78, 5) is 12.2. The number of rotatable bonds is 5. The van der Waals surface area contributed by atoms with Gasteiger partial charge in [0.25, 0.3) is 5.91 Å². The molecule has 0 radical (unpaired) electrons. The van der Waals surface area contributed by atoms with Crippen LogP contribution in [0.15, 0.2) is 36.4 Å². The molecule has 1 amide bonds. The zero-order chi connectivity index (χ0) is 21.1. The van der Waals surface area contributed by atoms with E-state index in [9.17, 15) is 13.6 Å². The van der Waals surface area contributed by atoms with Gasteiger partial charge < -0.3 is 14.6 Å². The molecule has 30 heavy (non-hydrogen) atoms. The monoisotopic (exact) mass is 432 g/mol. The molecule has 6 nitrogen and oxygen atoms in total. The van der Waals surface area contributed by atoms with Crippen LogP contribution in [-0.2, 0) is 17.8 Å². The number of hydrogen-bond donors (Lipinski definition) is 1. The minimum absolute atomic E-state index is 0.200. The zero-order valence-electron chi connectivity index (χ0n) is 16.0. The quantitative estimate of drug-likeness (QED) is 0.638. The Labute approximate surface area is 176 Å². The fourth-order valence-electron chi connectivity index (χ4n) is 3.39. The second-order valence-electron chi connectivity index (χ2n) is 7.01. The first-order chi connectivity index (χ1) is 14.5. The van der Waals surface area contributed by atoms with Crippen molar-refractivity contribution in [2.24, 2.45) is 0 Å². The lowest BCUT2D eigenvalue weighted by atomic mass is 10.1. The molecule has 0 atom stereocenters. The lowest BCUT2D eigenvalue weighted by Gasteiger charge is -2.12. The Morgan fingerprint density at radius 1 is 1.13 bits per heavy atom. The highest BCUT2D eigenvalue weighted by atomic mass is 35.5. The van der Waals surface area contributed by atoms with Crippen LogP contribution in [0.2, 0.25) is 5.02 Å². The minimum Gasteiger partial charge on any atom is -0.481 e. The molecule has 2 heterocycles. The average Bonchev–Trinajstić information content (AvgIpc) is 2.96. The van der Waals surface area contributed by atoms with Crippen molar-refractivity contribution in [3.63, 3.8) is 0 Å². The Morgan fingerprint density at radius 2 is 2.00 bits per heavy atom. The fraction of sp³-hybridized carbons (Fsp3) is 0.286. The molecule has 0 saturated carbocycles. The first kappa shape index (κ1) is 20.3. The van der Waals surface area contributed by atoms with Crippen LogP contribution in [0.25, 0.3) is 11.4 Å². The van der Waals surface area contributed by atoms with E-state index in [0.29, 0.717) is 28.2 Å². The number of anilines is 1. The Hall–Kier alpha value is -3.00. The molecule has 0 saturated heterocycles. The van der Waals surface area contributed by atoms with E-state index >= 15 is 0 Å². The molecule has 0 unspecified atom stereocenters. The smallest absolute Gasteiger partial charge is 0.262 e. The number of halogens is 3. The second kappa shape index (κ2) is 8.79. The highest BCUT2D eigenvalue weighted by Gasteiger charge is 2.19. The van der Waals surface area contributed by atoms with E-state index in [1.165, 1.54) is 0 Å². The minimum atomic E-state index is -0.871. The number of fused-ring (bicyclic) bond motifs is 1. The van der Waals surface area contributed by atoms with Crippen LogP contribution in [0, 0.1) is 11.6 Å². The van der Waals surface area contributed by atoms with Crippen LogP contribution in [0.5, 0.6) is 5.75 Å². The van der Waals surface area contributed by atoms with Gasteiger partial charge in [-0.15, -0.1) is 10.2 Å². The fourth-order valence-corrected chi connectivity index (χ4v) is 3.59. The number of nitrogens with zero attached hydrogens (tertiary/aromatic N) is 3. The van der Waals surface area contributed by atoms with E-state index in [0.717, 1.165) is 50.2 Å². The first-order valence-corrected chi connectivity index (χ1v) is 9.99. The third kappa shape index (κ3) is 4.43. The molecular formula is C21H19ClF2N4O2. The van der Waals surface area contributed by atoms with E-state index in [1.54, 1.807) is 18.2 Å². The van der Waals surface area contributed by atoms with Crippen molar-refractivity contribution in [3.05, 3.63) is 58.9 Å². The van der Waals surface area contributed by atoms with Gasteiger partial charge in [0.2, 0.25) is 0 Å².